The first kappa shape index (κ1) is 15.7. The number of ether oxygens (including phenoxy) is 2. The molecule has 0 aliphatic heterocycles. The van der Waals surface area contributed by atoms with Gasteiger partial charge in [0.2, 0.25) is 5.91 Å². The van der Waals surface area contributed by atoms with Crippen LogP contribution in [-0.2, 0) is 14.3 Å². The van der Waals surface area contributed by atoms with Crippen LogP contribution in [-0.4, -0.2) is 32.1 Å². The van der Waals surface area contributed by atoms with Gasteiger partial charge in [0.1, 0.15) is 6.54 Å². The maximum atomic E-state index is 13.4. The summed E-state index contributed by atoms with van der Waals surface area (Å²) in [5.41, 5.74) is 0.509. The lowest BCUT2D eigenvalue weighted by Gasteiger charge is -2.03. The number of hydrogen-bond donors (Lipinski definition) is 1. The largest absolute Gasteiger partial charge is 0.494 e. The molecule has 1 aromatic rings. The lowest BCUT2D eigenvalue weighted by Crippen LogP contribution is -2.29. The topological polar surface area (TPSA) is 64.6 Å². The molecule has 5 nitrogen and oxygen atoms in total. The smallest absolute Gasteiger partial charge is 0.325 e. The van der Waals surface area contributed by atoms with Gasteiger partial charge in [-0.1, -0.05) is 6.07 Å². The third kappa shape index (κ3) is 5.09. The molecule has 0 aromatic heterocycles. The van der Waals surface area contributed by atoms with Gasteiger partial charge in [0, 0.05) is 6.08 Å². The first-order chi connectivity index (χ1) is 9.56. The minimum atomic E-state index is -0.512. The molecule has 6 heteroatoms. The van der Waals surface area contributed by atoms with E-state index in [1.54, 1.807) is 13.0 Å². The van der Waals surface area contributed by atoms with Gasteiger partial charge in [0.05, 0.1) is 13.7 Å². The minimum absolute atomic E-state index is 0.133. The van der Waals surface area contributed by atoms with Crippen LogP contribution in [0.1, 0.15) is 12.5 Å². The number of amides is 1. The fourth-order valence-corrected chi connectivity index (χ4v) is 1.39. The van der Waals surface area contributed by atoms with E-state index in [4.69, 9.17) is 4.74 Å². The van der Waals surface area contributed by atoms with Crippen molar-refractivity contribution in [3.05, 3.63) is 35.7 Å². The molecule has 20 heavy (non-hydrogen) atoms. The molecule has 0 fully saturated rings. The van der Waals surface area contributed by atoms with Crippen molar-refractivity contribution in [1.82, 2.24) is 5.32 Å². The normalized spacial score (nSPS) is 10.3. The monoisotopic (exact) mass is 281 g/mol. The maximum Gasteiger partial charge on any atom is 0.325 e. The number of esters is 1. The summed E-state index contributed by atoms with van der Waals surface area (Å²) in [5.74, 6) is -1.35. The van der Waals surface area contributed by atoms with E-state index in [2.05, 4.69) is 10.1 Å². The Morgan fingerprint density at radius 2 is 2.15 bits per heavy atom. The molecule has 0 bridgehead atoms. The summed E-state index contributed by atoms with van der Waals surface area (Å²) in [6, 6.07) is 4.32. The number of carbonyl (C=O) groups excluding carboxylic acids is 2. The van der Waals surface area contributed by atoms with E-state index in [0.717, 1.165) is 0 Å². The van der Waals surface area contributed by atoms with Crippen LogP contribution in [0.5, 0.6) is 5.75 Å². The molecule has 0 aliphatic rings. The second-order valence-corrected chi connectivity index (χ2v) is 3.75. The fourth-order valence-electron chi connectivity index (χ4n) is 1.39. The first-order valence-corrected chi connectivity index (χ1v) is 6.02. The van der Waals surface area contributed by atoms with Crippen molar-refractivity contribution in [2.75, 3.05) is 20.3 Å². The molecular formula is C14H16FNO4. The highest BCUT2D eigenvalue weighted by Crippen LogP contribution is 2.18. The number of methoxy groups -OCH3 is 1. The Labute approximate surface area is 116 Å². The van der Waals surface area contributed by atoms with Gasteiger partial charge < -0.3 is 14.8 Å². The molecular weight excluding hydrogens is 265 g/mol. The Morgan fingerprint density at radius 3 is 2.75 bits per heavy atom. The van der Waals surface area contributed by atoms with Gasteiger partial charge in [-0.15, -0.1) is 0 Å². The molecule has 0 unspecified atom stereocenters. The van der Waals surface area contributed by atoms with Crippen molar-refractivity contribution < 1.29 is 23.5 Å². The molecule has 0 saturated heterocycles. The van der Waals surface area contributed by atoms with Gasteiger partial charge in [-0.2, -0.15) is 0 Å². The van der Waals surface area contributed by atoms with Crippen LogP contribution in [0, 0.1) is 5.82 Å². The highest BCUT2D eigenvalue weighted by atomic mass is 19.1. The van der Waals surface area contributed by atoms with Crippen LogP contribution < -0.4 is 10.1 Å². The van der Waals surface area contributed by atoms with E-state index < -0.39 is 17.7 Å². The molecule has 0 spiro atoms. The summed E-state index contributed by atoms with van der Waals surface area (Å²) in [4.78, 5) is 22.4. The van der Waals surface area contributed by atoms with Crippen molar-refractivity contribution >= 4 is 18.0 Å². The number of benzene rings is 1. The Kier molecular flexibility index (Phi) is 6.22. The van der Waals surface area contributed by atoms with Gasteiger partial charge >= 0.3 is 5.97 Å². The summed E-state index contributed by atoms with van der Waals surface area (Å²) in [7, 11) is 1.37. The minimum Gasteiger partial charge on any atom is -0.494 e. The van der Waals surface area contributed by atoms with Gasteiger partial charge in [0.15, 0.2) is 11.6 Å². The molecule has 108 valence electrons. The van der Waals surface area contributed by atoms with E-state index in [0.29, 0.717) is 5.56 Å². The maximum absolute atomic E-state index is 13.4. The highest BCUT2D eigenvalue weighted by molar-refractivity contribution is 5.93. The van der Waals surface area contributed by atoms with Gasteiger partial charge in [-0.3, -0.25) is 9.59 Å². The SMILES string of the molecule is CCOC(=O)CNC(=O)/C=C/c1ccc(OC)c(F)c1. The average molecular weight is 281 g/mol. The number of nitrogens with one attached hydrogen (secondary N) is 1. The average Bonchev–Trinajstić information content (AvgIpc) is 2.43. The predicted octanol–water partition coefficient (Wildman–Crippen LogP) is 1.53. The fraction of sp³-hybridized carbons (Fsp3) is 0.286. The van der Waals surface area contributed by atoms with E-state index >= 15 is 0 Å². The molecule has 0 saturated carbocycles. The first-order valence-electron chi connectivity index (χ1n) is 6.02. The Morgan fingerprint density at radius 1 is 1.40 bits per heavy atom. The van der Waals surface area contributed by atoms with Crippen molar-refractivity contribution in [3.8, 4) is 5.75 Å². The molecule has 1 amide bonds. The van der Waals surface area contributed by atoms with Crippen molar-refractivity contribution in [3.63, 3.8) is 0 Å². The summed E-state index contributed by atoms with van der Waals surface area (Å²) >= 11 is 0. The second-order valence-electron chi connectivity index (χ2n) is 3.75. The Hall–Kier alpha value is -2.37. The van der Waals surface area contributed by atoms with E-state index in [1.165, 1.54) is 31.4 Å². The van der Waals surface area contributed by atoms with Crippen LogP contribution in [0.25, 0.3) is 6.08 Å². The summed E-state index contributed by atoms with van der Waals surface area (Å²) < 4.78 is 22.8. The highest BCUT2D eigenvalue weighted by Gasteiger charge is 2.04. The second kappa shape index (κ2) is 7.93. The summed E-state index contributed by atoms with van der Waals surface area (Å²) in [6.07, 6.45) is 2.64. The van der Waals surface area contributed by atoms with Gasteiger partial charge in [-0.25, -0.2) is 4.39 Å². The van der Waals surface area contributed by atoms with Crippen LogP contribution >= 0.6 is 0 Å². The quantitative estimate of drug-likeness (QED) is 0.634. The van der Waals surface area contributed by atoms with Crippen molar-refractivity contribution in [2.24, 2.45) is 0 Å². The van der Waals surface area contributed by atoms with Crippen LogP contribution in [0.3, 0.4) is 0 Å². The molecule has 0 atom stereocenters. The number of hydrogen-bond acceptors (Lipinski definition) is 4. The molecule has 0 aliphatic carbocycles. The van der Waals surface area contributed by atoms with E-state index in [1.807, 2.05) is 0 Å². The Bertz CT molecular complexity index is 514. The van der Waals surface area contributed by atoms with Crippen molar-refractivity contribution in [2.45, 2.75) is 6.92 Å². The number of carbonyl (C=O) groups is 2. The van der Waals surface area contributed by atoms with E-state index in [9.17, 15) is 14.0 Å². The van der Waals surface area contributed by atoms with Crippen LogP contribution in [0.4, 0.5) is 4.39 Å². The zero-order chi connectivity index (χ0) is 15.0. The summed E-state index contributed by atoms with van der Waals surface area (Å²) in [5, 5.41) is 2.36. The third-order valence-corrected chi connectivity index (χ3v) is 2.32. The predicted molar refractivity (Wildman–Crippen MR) is 71.6 cm³/mol. The Balaban J connectivity index is 2.53. The molecule has 1 aromatic carbocycles. The standard InChI is InChI=1S/C14H16FNO4/c1-3-20-14(18)9-16-13(17)7-5-10-4-6-12(19-2)11(15)8-10/h4-8H,3,9H2,1-2H3,(H,16,17)/b7-5+. The molecule has 0 heterocycles. The third-order valence-electron chi connectivity index (χ3n) is 2.32. The van der Waals surface area contributed by atoms with Crippen LogP contribution in [0.15, 0.2) is 24.3 Å². The van der Waals surface area contributed by atoms with Gasteiger partial charge in [0.25, 0.3) is 0 Å². The molecule has 1 rings (SSSR count). The van der Waals surface area contributed by atoms with Gasteiger partial charge in [-0.05, 0) is 30.7 Å². The molecule has 0 radical (unpaired) electrons. The number of rotatable bonds is 6. The molecule has 1 N–H and O–H groups in total. The van der Waals surface area contributed by atoms with Crippen LogP contribution in [0.2, 0.25) is 0 Å². The lowest BCUT2D eigenvalue weighted by molar-refractivity contribution is -0.143. The summed E-state index contributed by atoms with van der Waals surface area (Å²) in [6.45, 7) is 1.74. The number of halogens is 1. The zero-order valence-electron chi connectivity index (χ0n) is 11.3. The van der Waals surface area contributed by atoms with Crippen molar-refractivity contribution in [1.29, 1.82) is 0 Å². The lowest BCUT2D eigenvalue weighted by atomic mass is 10.2. The zero-order valence-corrected chi connectivity index (χ0v) is 11.3. The van der Waals surface area contributed by atoms with E-state index in [-0.39, 0.29) is 18.9 Å².